The number of hydrogen-bond donors (Lipinski definition) is 2. The molecule has 0 aromatic heterocycles. The molecule has 3 unspecified atom stereocenters. The van der Waals surface area contributed by atoms with E-state index in [0.29, 0.717) is 12.5 Å². The Labute approximate surface area is 116 Å². The Bertz CT molecular complexity index is 326. The van der Waals surface area contributed by atoms with Gasteiger partial charge in [0.15, 0.2) is 0 Å². The topological polar surface area (TPSA) is 66.6 Å². The van der Waals surface area contributed by atoms with Gasteiger partial charge in [-0.25, -0.2) is 0 Å². The number of carbonyl (C=O) groups is 1. The van der Waals surface area contributed by atoms with E-state index in [2.05, 4.69) is 6.92 Å². The van der Waals surface area contributed by atoms with Crippen LogP contribution in [0.4, 0.5) is 0 Å². The fourth-order valence-electron chi connectivity index (χ4n) is 3.69. The first kappa shape index (κ1) is 14.8. The molecule has 0 radical (unpaired) electrons. The molecule has 2 aliphatic rings. The predicted octanol–water partition coefficient (Wildman–Crippen LogP) is 1.51. The van der Waals surface area contributed by atoms with Crippen LogP contribution in [0.25, 0.3) is 0 Å². The smallest absolute Gasteiger partial charge is 0.225 e. The molecule has 2 fully saturated rings. The Morgan fingerprint density at radius 1 is 1.37 bits per heavy atom. The zero-order chi connectivity index (χ0) is 14.0. The number of aliphatic hydroxyl groups is 1. The molecule has 1 amide bonds. The number of rotatable bonds is 3. The highest BCUT2D eigenvalue weighted by atomic mass is 16.3. The van der Waals surface area contributed by atoms with Crippen LogP contribution in [-0.2, 0) is 4.79 Å². The minimum atomic E-state index is -0.648. The van der Waals surface area contributed by atoms with E-state index < -0.39 is 5.60 Å². The highest BCUT2D eigenvalue weighted by molar-refractivity contribution is 5.79. The van der Waals surface area contributed by atoms with Crippen LogP contribution in [0.2, 0.25) is 0 Å². The Morgan fingerprint density at radius 3 is 2.63 bits per heavy atom. The van der Waals surface area contributed by atoms with E-state index in [1.165, 1.54) is 0 Å². The Morgan fingerprint density at radius 2 is 2.00 bits per heavy atom. The molecule has 2 saturated carbocycles. The molecule has 0 aliphatic heterocycles. The standard InChI is InChI=1S/C15H28N2O2/c1-11-5-6-12(16)9-13(11)14(18)17(2)10-15(19)7-3-4-8-15/h11-13,19H,3-10,16H2,1-2H3. The van der Waals surface area contributed by atoms with Crippen molar-refractivity contribution in [3.8, 4) is 0 Å². The molecule has 0 aromatic carbocycles. The van der Waals surface area contributed by atoms with Crippen LogP contribution >= 0.6 is 0 Å². The number of hydrogen-bond acceptors (Lipinski definition) is 3. The van der Waals surface area contributed by atoms with Crippen LogP contribution in [0.5, 0.6) is 0 Å². The lowest BCUT2D eigenvalue weighted by molar-refractivity contribution is -0.140. The van der Waals surface area contributed by atoms with Gasteiger partial charge in [-0.05, 0) is 38.0 Å². The third-order valence-corrected chi connectivity index (χ3v) is 5.00. The first-order valence-electron chi connectivity index (χ1n) is 7.64. The summed E-state index contributed by atoms with van der Waals surface area (Å²) in [5, 5.41) is 10.4. The van der Waals surface area contributed by atoms with Gasteiger partial charge in [0.1, 0.15) is 0 Å². The molecule has 3 atom stereocenters. The molecular formula is C15H28N2O2. The zero-order valence-corrected chi connectivity index (χ0v) is 12.3. The van der Waals surface area contributed by atoms with Gasteiger partial charge < -0.3 is 15.7 Å². The van der Waals surface area contributed by atoms with Crippen molar-refractivity contribution >= 4 is 5.91 Å². The first-order chi connectivity index (χ1) is 8.91. The van der Waals surface area contributed by atoms with Crippen molar-refractivity contribution in [3.63, 3.8) is 0 Å². The third-order valence-electron chi connectivity index (χ3n) is 5.00. The van der Waals surface area contributed by atoms with E-state index in [1.807, 2.05) is 7.05 Å². The lowest BCUT2D eigenvalue weighted by Gasteiger charge is -2.36. The van der Waals surface area contributed by atoms with E-state index in [0.717, 1.165) is 44.9 Å². The molecule has 0 aromatic rings. The Hall–Kier alpha value is -0.610. The maximum absolute atomic E-state index is 12.5. The van der Waals surface area contributed by atoms with Crippen LogP contribution in [0.1, 0.15) is 51.9 Å². The minimum Gasteiger partial charge on any atom is -0.388 e. The number of nitrogens with two attached hydrogens (primary N) is 1. The van der Waals surface area contributed by atoms with Crippen molar-refractivity contribution in [1.29, 1.82) is 0 Å². The molecule has 2 rings (SSSR count). The van der Waals surface area contributed by atoms with Crippen molar-refractivity contribution < 1.29 is 9.90 Å². The van der Waals surface area contributed by atoms with Gasteiger partial charge in [-0.3, -0.25) is 4.79 Å². The Kier molecular flexibility index (Phi) is 4.51. The Balaban J connectivity index is 1.94. The summed E-state index contributed by atoms with van der Waals surface area (Å²) in [5.74, 6) is 0.620. The second-order valence-corrected chi connectivity index (χ2v) is 6.78. The van der Waals surface area contributed by atoms with Crippen LogP contribution in [0.3, 0.4) is 0 Å². The summed E-state index contributed by atoms with van der Waals surface area (Å²) in [7, 11) is 1.82. The molecule has 0 spiro atoms. The maximum Gasteiger partial charge on any atom is 0.225 e. The minimum absolute atomic E-state index is 0.0405. The highest BCUT2D eigenvalue weighted by Crippen LogP contribution is 2.33. The molecule has 2 aliphatic carbocycles. The third kappa shape index (κ3) is 3.48. The molecule has 19 heavy (non-hydrogen) atoms. The summed E-state index contributed by atoms with van der Waals surface area (Å²) in [6.45, 7) is 2.62. The molecular weight excluding hydrogens is 240 g/mol. The summed E-state index contributed by atoms with van der Waals surface area (Å²) in [6.07, 6.45) is 6.65. The first-order valence-corrected chi connectivity index (χ1v) is 7.64. The summed E-state index contributed by atoms with van der Waals surface area (Å²) in [6, 6.07) is 0.160. The number of carbonyl (C=O) groups excluding carboxylic acids is 1. The lowest BCUT2D eigenvalue weighted by Crippen LogP contribution is -2.47. The van der Waals surface area contributed by atoms with E-state index >= 15 is 0 Å². The van der Waals surface area contributed by atoms with E-state index in [4.69, 9.17) is 5.73 Å². The zero-order valence-electron chi connectivity index (χ0n) is 12.3. The van der Waals surface area contributed by atoms with Crippen molar-refractivity contribution in [2.75, 3.05) is 13.6 Å². The summed E-state index contributed by atoms with van der Waals surface area (Å²) >= 11 is 0. The number of amides is 1. The molecule has 3 N–H and O–H groups in total. The lowest BCUT2D eigenvalue weighted by atomic mass is 9.77. The molecule has 110 valence electrons. The van der Waals surface area contributed by atoms with Crippen LogP contribution < -0.4 is 5.73 Å². The number of nitrogens with zero attached hydrogens (tertiary/aromatic N) is 1. The molecule has 4 heteroatoms. The molecule has 0 saturated heterocycles. The van der Waals surface area contributed by atoms with E-state index in [1.54, 1.807) is 4.90 Å². The molecule has 0 bridgehead atoms. The van der Waals surface area contributed by atoms with Gasteiger partial charge in [-0.2, -0.15) is 0 Å². The van der Waals surface area contributed by atoms with E-state index in [-0.39, 0.29) is 17.9 Å². The SMILES string of the molecule is CC1CCC(N)CC1C(=O)N(C)CC1(O)CCCC1. The fraction of sp³-hybridized carbons (Fsp3) is 0.933. The average molecular weight is 268 g/mol. The average Bonchev–Trinajstić information content (AvgIpc) is 2.78. The second-order valence-electron chi connectivity index (χ2n) is 6.78. The van der Waals surface area contributed by atoms with Crippen molar-refractivity contribution in [2.24, 2.45) is 17.6 Å². The fourth-order valence-corrected chi connectivity index (χ4v) is 3.69. The van der Waals surface area contributed by atoms with Crippen LogP contribution in [0.15, 0.2) is 0 Å². The van der Waals surface area contributed by atoms with Crippen LogP contribution in [-0.4, -0.2) is 41.1 Å². The quantitative estimate of drug-likeness (QED) is 0.815. The van der Waals surface area contributed by atoms with Gasteiger partial charge in [0.2, 0.25) is 5.91 Å². The van der Waals surface area contributed by atoms with Gasteiger partial charge in [0.05, 0.1) is 5.60 Å². The highest BCUT2D eigenvalue weighted by Gasteiger charge is 2.37. The monoisotopic (exact) mass is 268 g/mol. The van der Waals surface area contributed by atoms with Crippen molar-refractivity contribution in [1.82, 2.24) is 4.90 Å². The van der Waals surface area contributed by atoms with Gasteiger partial charge in [-0.15, -0.1) is 0 Å². The van der Waals surface area contributed by atoms with Crippen molar-refractivity contribution in [3.05, 3.63) is 0 Å². The van der Waals surface area contributed by atoms with Gasteiger partial charge in [0, 0.05) is 25.6 Å². The van der Waals surface area contributed by atoms with Gasteiger partial charge >= 0.3 is 0 Å². The summed E-state index contributed by atoms with van der Waals surface area (Å²) < 4.78 is 0. The summed E-state index contributed by atoms with van der Waals surface area (Å²) in [5.41, 5.74) is 5.35. The van der Waals surface area contributed by atoms with E-state index in [9.17, 15) is 9.90 Å². The van der Waals surface area contributed by atoms with Crippen LogP contribution in [0, 0.1) is 11.8 Å². The second kappa shape index (κ2) is 5.80. The van der Waals surface area contributed by atoms with Gasteiger partial charge in [-0.1, -0.05) is 19.8 Å². The normalized spacial score (nSPS) is 34.2. The maximum atomic E-state index is 12.5. The predicted molar refractivity (Wildman–Crippen MR) is 75.5 cm³/mol. The number of likely N-dealkylation sites (N-methyl/N-ethyl adjacent to an activating group) is 1. The van der Waals surface area contributed by atoms with Gasteiger partial charge in [0.25, 0.3) is 0 Å². The largest absolute Gasteiger partial charge is 0.388 e. The van der Waals surface area contributed by atoms with Crippen molar-refractivity contribution in [2.45, 2.75) is 63.5 Å². The summed E-state index contributed by atoms with van der Waals surface area (Å²) in [4.78, 5) is 14.3. The molecule has 0 heterocycles. The molecule has 4 nitrogen and oxygen atoms in total.